The van der Waals surface area contributed by atoms with Crippen LogP contribution in [0.2, 0.25) is 0 Å². The van der Waals surface area contributed by atoms with E-state index in [0.29, 0.717) is 18.8 Å². The molecule has 0 fully saturated rings. The molecule has 1 aromatic carbocycles. The van der Waals surface area contributed by atoms with E-state index < -0.39 is 0 Å². The van der Waals surface area contributed by atoms with E-state index in [2.05, 4.69) is 10.6 Å². The van der Waals surface area contributed by atoms with Crippen LogP contribution in [-0.4, -0.2) is 37.3 Å². The molecular formula is C13H20N2O3. The standard InChI is InChI=1S/C13H20N2O3/c1-10(16)7-15-8-11-5-3-4-6-12(11)18-9-13(17)14-2/h3-6,10,15-16H,7-9H2,1-2H3,(H,14,17). The topological polar surface area (TPSA) is 70.6 Å². The molecule has 1 amide bonds. The van der Waals surface area contributed by atoms with Crippen molar-refractivity contribution >= 4 is 5.91 Å². The van der Waals surface area contributed by atoms with E-state index in [-0.39, 0.29) is 18.6 Å². The second-order valence-corrected chi connectivity index (χ2v) is 4.05. The molecule has 0 aromatic heterocycles. The Hall–Kier alpha value is -1.59. The average molecular weight is 252 g/mol. The molecule has 1 aromatic rings. The highest BCUT2D eigenvalue weighted by molar-refractivity contribution is 5.77. The maximum Gasteiger partial charge on any atom is 0.257 e. The molecule has 5 heteroatoms. The van der Waals surface area contributed by atoms with Crippen LogP contribution in [0, 0.1) is 0 Å². The van der Waals surface area contributed by atoms with Crippen molar-refractivity contribution in [1.82, 2.24) is 10.6 Å². The number of carbonyl (C=O) groups is 1. The normalized spacial score (nSPS) is 11.9. The first-order valence-corrected chi connectivity index (χ1v) is 5.93. The fourth-order valence-electron chi connectivity index (χ4n) is 1.42. The van der Waals surface area contributed by atoms with Gasteiger partial charge in [-0.2, -0.15) is 0 Å². The molecule has 1 rings (SSSR count). The number of likely N-dealkylation sites (N-methyl/N-ethyl adjacent to an activating group) is 1. The Morgan fingerprint density at radius 1 is 1.44 bits per heavy atom. The van der Waals surface area contributed by atoms with Crippen molar-refractivity contribution in [3.63, 3.8) is 0 Å². The lowest BCUT2D eigenvalue weighted by molar-refractivity contribution is -0.122. The third-order valence-electron chi connectivity index (χ3n) is 2.37. The van der Waals surface area contributed by atoms with E-state index in [4.69, 9.17) is 9.84 Å². The van der Waals surface area contributed by atoms with Crippen molar-refractivity contribution in [3.05, 3.63) is 29.8 Å². The predicted molar refractivity (Wildman–Crippen MR) is 69.4 cm³/mol. The molecular weight excluding hydrogens is 232 g/mol. The number of benzene rings is 1. The fourth-order valence-corrected chi connectivity index (χ4v) is 1.42. The lowest BCUT2D eigenvalue weighted by Crippen LogP contribution is -2.26. The Morgan fingerprint density at radius 2 is 2.17 bits per heavy atom. The van der Waals surface area contributed by atoms with Crippen LogP contribution in [0.3, 0.4) is 0 Å². The maximum atomic E-state index is 11.1. The van der Waals surface area contributed by atoms with Crippen molar-refractivity contribution in [1.29, 1.82) is 0 Å². The summed E-state index contributed by atoms with van der Waals surface area (Å²) < 4.78 is 5.43. The smallest absolute Gasteiger partial charge is 0.257 e. The number of rotatable bonds is 7. The molecule has 18 heavy (non-hydrogen) atoms. The molecule has 0 spiro atoms. The number of aliphatic hydroxyl groups excluding tert-OH is 1. The minimum atomic E-state index is -0.385. The van der Waals surface area contributed by atoms with Crippen LogP contribution < -0.4 is 15.4 Å². The van der Waals surface area contributed by atoms with Crippen LogP contribution in [0.5, 0.6) is 5.75 Å². The molecule has 1 unspecified atom stereocenters. The van der Waals surface area contributed by atoms with E-state index in [9.17, 15) is 4.79 Å². The average Bonchev–Trinajstić information content (AvgIpc) is 2.36. The lowest BCUT2D eigenvalue weighted by atomic mass is 10.2. The predicted octanol–water partition coefficient (Wildman–Crippen LogP) is 0.282. The Kier molecular flexibility index (Phi) is 6.18. The quantitative estimate of drug-likeness (QED) is 0.652. The van der Waals surface area contributed by atoms with Gasteiger partial charge in [-0.05, 0) is 13.0 Å². The largest absolute Gasteiger partial charge is 0.483 e. The Bertz CT molecular complexity index is 380. The number of ether oxygens (including phenoxy) is 1. The Morgan fingerprint density at radius 3 is 2.83 bits per heavy atom. The zero-order chi connectivity index (χ0) is 13.4. The molecule has 0 aliphatic rings. The third-order valence-corrected chi connectivity index (χ3v) is 2.37. The second kappa shape index (κ2) is 7.68. The Labute approximate surface area is 107 Å². The summed E-state index contributed by atoms with van der Waals surface area (Å²) in [5.74, 6) is 0.515. The van der Waals surface area contributed by atoms with Crippen molar-refractivity contribution in [2.24, 2.45) is 0 Å². The third kappa shape index (κ3) is 5.16. The van der Waals surface area contributed by atoms with Crippen LogP contribution in [-0.2, 0) is 11.3 Å². The number of hydrogen-bond donors (Lipinski definition) is 3. The van der Waals surface area contributed by atoms with E-state index in [1.165, 1.54) is 0 Å². The molecule has 0 saturated carbocycles. The summed E-state index contributed by atoms with van der Waals surface area (Å²) in [6, 6.07) is 7.51. The van der Waals surface area contributed by atoms with Gasteiger partial charge in [0.2, 0.25) is 0 Å². The van der Waals surface area contributed by atoms with Gasteiger partial charge in [-0.1, -0.05) is 18.2 Å². The second-order valence-electron chi connectivity index (χ2n) is 4.05. The van der Waals surface area contributed by atoms with Gasteiger partial charge in [-0.15, -0.1) is 0 Å². The summed E-state index contributed by atoms with van der Waals surface area (Å²) in [7, 11) is 1.57. The van der Waals surface area contributed by atoms with Gasteiger partial charge in [0.15, 0.2) is 6.61 Å². The Balaban J connectivity index is 2.53. The molecule has 0 bridgehead atoms. The molecule has 0 heterocycles. The first-order valence-electron chi connectivity index (χ1n) is 5.93. The minimum absolute atomic E-state index is 0.00389. The highest BCUT2D eigenvalue weighted by atomic mass is 16.5. The molecule has 0 radical (unpaired) electrons. The zero-order valence-corrected chi connectivity index (χ0v) is 10.8. The van der Waals surface area contributed by atoms with Crippen molar-refractivity contribution in [3.8, 4) is 5.75 Å². The molecule has 1 atom stereocenters. The van der Waals surface area contributed by atoms with Crippen molar-refractivity contribution in [2.45, 2.75) is 19.6 Å². The number of hydrogen-bond acceptors (Lipinski definition) is 4. The van der Waals surface area contributed by atoms with E-state index in [1.54, 1.807) is 14.0 Å². The van der Waals surface area contributed by atoms with Gasteiger partial charge in [0.05, 0.1) is 6.10 Å². The maximum absolute atomic E-state index is 11.1. The summed E-state index contributed by atoms with van der Waals surface area (Å²) in [4.78, 5) is 11.1. The molecule has 0 aliphatic heterocycles. The highest BCUT2D eigenvalue weighted by Gasteiger charge is 2.05. The van der Waals surface area contributed by atoms with Gasteiger partial charge in [0.25, 0.3) is 5.91 Å². The van der Waals surface area contributed by atoms with E-state index in [1.807, 2.05) is 24.3 Å². The van der Waals surface area contributed by atoms with Crippen LogP contribution in [0.1, 0.15) is 12.5 Å². The summed E-state index contributed by atoms with van der Waals surface area (Å²) >= 11 is 0. The zero-order valence-electron chi connectivity index (χ0n) is 10.8. The van der Waals surface area contributed by atoms with Crippen LogP contribution in [0.25, 0.3) is 0 Å². The summed E-state index contributed by atoms with van der Waals surface area (Å²) in [5.41, 5.74) is 0.960. The van der Waals surface area contributed by atoms with Gasteiger partial charge in [0.1, 0.15) is 5.75 Å². The lowest BCUT2D eigenvalue weighted by Gasteiger charge is -2.12. The number of amides is 1. The van der Waals surface area contributed by atoms with Crippen LogP contribution in [0.15, 0.2) is 24.3 Å². The molecule has 0 aliphatic carbocycles. The van der Waals surface area contributed by atoms with Gasteiger partial charge in [-0.25, -0.2) is 0 Å². The minimum Gasteiger partial charge on any atom is -0.483 e. The van der Waals surface area contributed by atoms with Gasteiger partial charge in [-0.3, -0.25) is 4.79 Å². The van der Waals surface area contributed by atoms with Crippen LogP contribution in [0.4, 0.5) is 0 Å². The number of nitrogens with one attached hydrogen (secondary N) is 2. The van der Waals surface area contributed by atoms with E-state index in [0.717, 1.165) is 5.56 Å². The first-order chi connectivity index (χ1) is 8.63. The number of aliphatic hydroxyl groups is 1. The van der Waals surface area contributed by atoms with Gasteiger partial charge < -0.3 is 20.5 Å². The summed E-state index contributed by atoms with van der Waals surface area (Å²) in [6.45, 7) is 2.84. The van der Waals surface area contributed by atoms with Crippen molar-refractivity contribution in [2.75, 3.05) is 20.2 Å². The summed E-state index contributed by atoms with van der Waals surface area (Å²) in [5, 5.41) is 14.8. The molecule has 3 N–H and O–H groups in total. The molecule has 0 saturated heterocycles. The SMILES string of the molecule is CNC(=O)COc1ccccc1CNCC(C)O. The number of carbonyl (C=O) groups excluding carboxylic acids is 1. The van der Waals surface area contributed by atoms with Crippen LogP contribution >= 0.6 is 0 Å². The monoisotopic (exact) mass is 252 g/mol. The van der Waals surface area contributed by atoms with Crippen molar-refractivity contribution < 1.29 is 14.6 Å². The molecule has 100 valence electrons. The molecule has 5 nitrogen and oxygen atoms in total. The van der Waals surface area contributed by atoms with Gasteiger partial charge in [0, 0.05) is 25.7 Å². The highest BCUT2D eigenvalue weighted by Crippen LogP contribution is 2.17. The summed E-state index contributed by atoms with van der Waals surface area (Å²) in [6.07, 6.45) is -0.385. The number of para-hydroxylation sites is 1. The fraction of sp³-hybridized carbons (Fsp3) is 0.462. The van der Waals surface area contributed by atoms with E-state index >= 15 is 0 Å². The first kappa shape index (κ1) is 14.5. The van der Waals surface area contributed by atoms with Gasteiger partial charge >= 0.3 is 0 Å².